The van der Waals surface area contributed by atoms with Gasteiger partial charge in [-0.05, 0) is 25.1 Å². The van der Waals surface area contributed by atoms with Crippen molar-refractivity contribution in [1.29, 1.82) is 0 Å². The normalized spacial score (nSPS) is 12.7. The summed E-state index contributed by atoms with van der Waals surface area (Å²) in [5.74, 6) is 1.01. The van der Waals surface area contributed by atoms with Crippen molar-refractivity contribution in [2.45, 2.75) is 19.4 Å². The Kier molecular flexibility index (Phi) is 3.81. The molecule has 0 bridgehead atoms. The fraction of sp³-hybridized carbons (Fsp3) is 0.273. The number of nitrogens with zero attached hydrogens (tertiary/aromatic N) is 2. The van der Waals surface area contributed by atoms with Crippen LogP contribution in [-0.2, 0) is 6.42 Å². The molecule has 1 unspecified atom stereocenters. The lowest BCUT2D eigenvalue weighted by molar-refractivity contribution is 0.420. The molecule has 17 heavy (non-hydrogen) atoms. The average Bonchev–Trinajstić information content (AvgIpc) is 2.65. The summed E-state index contributed by atoms with van der Waals surface area (Å²) in [6, 6.07) is 5.49. The molecule has 0 radical (unpaired) electrons. The monoisotopic (exact) mass is 315 g/mol. The third-order valence-electron chi connectivity index (χ3n) is 2.13. The SMILES string of the molecule is CC(N)Cc1noc(-c2ccc(Br)cc2Cl)n1. The molecule has 0 saturated carbocycles. The maximum atomic E-state index is 6.10. The highest BCUT2D eigenvalue weighted by Crippen LogP contribution is 2.29. The van der Waals surface area contributed by atoms with Gasteiger partial charge in [-0.1, -0.05) is 32.7 Å². The highest BCUT2D eigenvalue weighted by molar-refractivity contribution is 9.10. The van der Waals surface area contributed by atoms with Crippen molar-refractivity contribution in [2.24, 2.45) is 5.73 Å². The Labute approximate surface area is 112 Å². The maximum absolute atomic E-state index is 6.10. The van der Waals surface area contributed by atoms with E-state index >= 15 is 0 Å². The Bertz CT molecular complexity index is 527. The summed E-state index contributed by atoms with van der Waals surface area (Å²) in [5.41, 5.74) is 6.39. The fourth-order valence-corrected chi connectivity index (χ4v) is 2.15. The van der Waals surface area contributed by atoms with Gasteiger partial charge in [0, 0.05) is 16.9 Å². The third-order valence-corrected chi connectivity index (χ3v) is 2.94. The van der Waals surface area contributed by atoms with Crippen LogP contribution in [0.5, 0.6) is 0 Å². The molecule has 0 aliphatic carbocycles. The predicted molar refractivity (Wildman–Crippen MR) is 69.8 cm³/mol. The number of nitrogens with two attached hydrogens (primary N) is 1. The second-order valence-electron chi connectivity index (χ2n) is 3.82. The first-order valence-electron chi connectivity index (χ1n) is 5.10. The Morgan fingerprint density at radius 3 is 2.94 bits per heavy atom. The number of aromatic nitrogens is 2. The van der Waals surface area contributed by atoms with E-state index in [1.54, 1.807) is 6.07 Å². The lowest BCUT2D eigenvalue weighted by Crippen LogP contribution is -2.18. The molecular formula is C11H11BrClN3O. The number of rotatable bonds is 3. The largest absolute Gasteiger partial charge is 0.334 e. The van der Waals surface area contributed by atoms with E-state index in [9.17, 15) is 0 Å². The van der Waals surface area contributed by atoms with Crippen LogP contribution in [0.15, 0.2) is 27.2 Å². The molecule has 0 aliphatic heterocycles. The molecule has 1 aromatic heterocycles. The van der Waals surface area contributed by atoms with Crippen LogP contribution in [0.4, 0.5) is 0 Å². The minimum absolute atomic E-state index is 0.000778. The van der Waals surface area contributed by atoms with E-state index in [-0.39, 0.29) is 6.04 Å². The van der Waals surface area contributed by atoms with Crippen molar-refractivity contribution < 1.29 is 4.52 Å². The van der Waals surface area contributed by atoms with Crippen molar-refractivity contribution in [3.05, 3.63) is 33.5 Å². The van der Waals surface area contributed by atoms with E-state index < -0.39 is 0 Å². The molecule has 2 rings (SSSR count). The summed E-state index contributed by atoms with van der Waals surface area (Å²) >= 11 is 9.44. The van der Waals surface area contributed by atoms with Crippen molar-refractivity contribution in [1.82, 2.24) is 10.1 Å². The molecule has 0 aliphatic rings. The molecule has 2 aromatic rings. The molecule has 4 nitrogen and oxygen atoms in total. The van der Waals surface area contributed by atoms with E-state index in [1.165, 1.54) is 0 Å². The molecule has 1 atom stereocenters. The Morgan fingerprint density at radius 1 is 1.53 bits per heavy atom. The molecule has 0 fully saturated rings. The van der Waals surface area contributed by atoms with Crippen LogP contribution in [0.25, 0.3) is 11.5 Å². The van der Waals surface area contributed by atoms with Gasteiger partial charge >= 0.3 is 0 Å². The van der Waals surface area contributed by atoms with E-state index in [0.717, 1.165) is 10.0 Å². The van der Waals surface area contributed by atoms with Crippen LogP contribution < -0.4 is 5.73 Å². The van der Waals surface area contributed by atoms with Gasteiger partial charge in [0.15, 0.2) is 5.82 Å². The number of benzene rings is 1. The first kappa shape index (κ1) is 12.5. The Hall–Kier alpha value is -0.910. The maximum Gasteiger partial charge on any atom is 0.259 e. The molecule has 0 amide bonds. The zero-order valence-corrected chi connectivity index (χ0v) is 11.5. The first-order chi connectivity index (χ1) is 8.06. The van der Waals surface area contributed by atoms with E-state index in [4.69, 9.17) is 21.9 Å². The Morgan fingerprint density at radius 2 is 2.29 bits per heavy atom. The lowest BCUT2D eigenvalue weighted by atomic mass is 10.2. The van der Waals surface area contributed by atoms with Gasteiger partial charge in [-0.25, -0.2) is 0 Å². The van der Waals surface area contributed by atoms with Crippen molar-refractivity contribution in [2.75, 3.05) is 0 Å². The molecule has 1 heterocycles. The number of hydrogen-bond donors (Lipinski definition) is 1. The molecule has 2 N–H and O–H groups in total. The van der Waals surface area contributed by atoms with Gasteiger partial charge in [0.2, 0.25) is 0 Å². The lowest BCUT2D eigenvalue weighted by Gasteiger charge is -1.99. The smallest absolute Gasteiger partial charge is 0.259 e. The molecular weight excluding hydrogens is 305 g/mol. The van der Waals surface area contributed by atoms with E-state index in [0.29, 0.717) is 23.2 Å². The summed E-state index contributed by atoms with van der Waals surface area (Å²) in [6.07, 6.45) is 0.581. The summed E-state index contributed by atoms with van der Waals surface area (Å²) in [7, 11) is 0. The van der Waals surface area contributed by atoms with Crippen LogP contribution in [-0.4, -0.2) is 16.2 Å². The average molecular weight is 317 g/mol. The number of halogens is 2. The van der Waals surface area contributed by atoms with Crippen molar-refractivity contribution in [3.63, 3.8) is 0 Å². The van der Waals surface area contributed by atoms with Crippen LogP contribution in [0.1, 0.15) is 12.7 Å². The van der Waals surface area contributed by atoms with E-state index in [2.05, 4.69) is 26.1 Å². The minimum Gasteiger partial charge on any atom is -0.334 e. The zero-order chi connectivity index (χ0) is 12.4. The minimum atomic E-state index is 0.000778. The fourth-order valence-electron chi connectivity index (χ4n) is 1.40. The van der Waals surface area contributed by atoms with Gasteiger partial charge in [-0.2, -0.15) is 4.98 Å². The molecule has 0 spiro atoms. The first-order valence-corrected chi connectivity index (χ1v) is 6.27. The second kappa shape index (κ2) is 5.16. The van der Waals surface area contributed by atoms with Crippen LogP contribution >= 0.6 is 27.5 Å². The quantitative estimate of drug-likeness (QED) is 0.945. The van der Waals surface area contributed by atoms with Crippen LogP contribution in [0, 0.1) is 0 Å². The van der Waals surface area contributed by atoms with Crippen LogP contribution in [0.3, 0.4) is 0 Å². The molecule has 6 heteroatoms. The van der Waals surface area contributed by atoms with Gasteiger partial charge in [0.25, 0.3) is 5.89 Å². The predicted octanol–water partition coefficient (Wildman–Crippen LogP) is 3.04. The second-order valence-corrected chi connectivity index (χ2v) is 5.14. The summed E-state index contributed by atoms with van der Waals surface area (Å²) in [4.78, 5) is 4.25. The molecule has 90 valence electrons. The summed E-state index contributed by atoms with van der Waals surface area (Å²) in [6.45, 7) is 1.89. The van der Waals surface area contributed by atoms with Gasteiger partial charge in [0.1, 0.15) is 0 Å². The van der Waals surface area contributed by atoms with Gasteiger partial charge in [-0.3, -0.25) is 0 Å². The zero-order valence-electron chi connectivity index (χ0n) is 9.15. The Balaban J connectivity index is 2.30. The van der Waals surface area contributed by atoms with Crippen molar-refractivity contribution in [3.8, 4) is 11.5 Å². The van der Waals surface area contributed by atoms with E-state index in [1.807, 2.05) is 19.1 Å². The van der Waals surface area contributed by atoms with Gasteiger partial charge < -0.3 is 10.3 Å². The van der Waals surface area contributed by atoms with Crippen molar-refractivity contribution >= 4 is 27.5 Å². The highest BCUT2D eigenvalue weighted by Gasteiger charge is 2.13. The summed E-state index contributed by atoms with van der Waals surface area (Å²) < 4.78 is 6.06. The van der Waals surface area contributed by atoms with Crippen LogP contribution in [0.2, 0.25) is 5.02 Å². The van der Waals surface area contributed by atoms with Gasteiger partial charge in [0.05, 0.1) is 10.6 Å². The van der Waals surface area contributed by atoms with Gasteiger partial charge in [-0.15, -0.1) is 0 Å². The number of hydrogen-bond acceptors (Lipinski definition) is 4. The molecule has 0 saturated heterocycles. The standard InChI is InChI=1S/C11H11BrClN3O/c1-6(14)4-10-15-11(17-16-10)8-3-2-7(12)5-9(8)13/h2-3,5-6H,4,14H2,1H3. The topological polar surface area (TPSA) is 64.9 Å². The third kappa shape index (κ3) is 3.06. The highest BCUT2D eigenvalue weighted by atomic mass is 79.9. The molecule has 1 aromatic carbocycles. The summed E-state index contributed by atoms with van der Waals surface area (Å²) in [5, 5.41) is 4.42.